The molecule has 4 aromatic rings. The van der Waals surface area contributed by atoms with E-state index in [-0.39, 0.29) is 41.1 Å². The predicted octanol–water partition coefficient (Wildman–Crippen LogP) is 1.95. The molecule has 2 aromatic heterocycles. The molecule has 0 spiro atoms. The third-order valence-electron chi connectivity index (χ3n) is 5.37. The van der Waals surface area contributed by atoms with Gasteiger partial charge >= 0.3 is 7.12 Å². The average molecular weight is 679 g/mol. The molecule has 2 amide bonds. The Kier molecular flexibility index (Phi) is 24.3. The van der Waals surface area contributed by atoms with E-state index in [9.17, 15) is 9.59 Å². The van der Waals surface area contributed by atoms with Gasteiger partial charge in [0.15, 0.2) is 5.82 Å². The fraction of sp³-hybridized carbons (Fsp3) is 0.290. The number of nitrogens with zero attached hydrogens (tertiary/aromatic N) is 4. The highest BCUT2D eigenvalue weighted by Crippen LogP contribution is 2.26. The maximum absolute atomic E-state index is 12.1. The summed E-state index contributed by atoms with van der Waals surface area (Å²) in [4.78, 5) is 39.5. The Bertz CT molecular complexity index is 1440. The summed E-state index contributed by atoms with van der Waals surface area (Å²) < 4.78 is 0. The molecule has 0 aliphatic heterocycles. The van der Waals surface area contributed by atoms with Crippen molar-refractivity contribution in [3.05, 3.63) is 90.7 Å². The Balaban J connectivity index is -0.000000302. The summed E-state index contributed by atoms with van der Waals surface area (Å²) >= 11 is 5.32. The van der Waals surface area contributed by atoms with Gasteiger partial charge in [-0.1, -0.05) is 79.3 Å². The van der Waals surface area contributed by atoms with Crippen LogP contribution in [0.2, 0.25) is 5.28 Å². The SMILES string of the molecule is C.CC(C)(C)C(=O)Nc1ccccc1-c1ncccn1.CC(C)(C)C(=O)Nc1ccccc1B(O)O.Clc1ncccn1.O.O.O.O. The lowest BCUT2D eigenvalue weighted by molar-refractivity contribution is -0.123. The molecule has 0 atom stereocenters. The number of anilines is 2. The Morgan fingerprint density at radius 3 is 1.43 bits per heavy atom. The van der Waals surface area contributed by atoms with Crippen molar-refractivity contribution >= 4 is 47.4 Å². The molecule has 0 aliphatic rings. The summed E-state index contributed by atoms with van der Waals surface area (Å²) in [5.41, 5.74) is 1.31. The Labute approximate surface area is 281 Å². The molecule has 0 aliphatic carbocycles. The average Bonchev–Trinajstić information content (AvgIpc) is 2.94. The number of hydrogen-bond donors (Lipinski definition) is 4. The molecule has 12 N–H and O–H groups in total. The number of nitrogens with one attached hydrogen (secondary N) is 2. The second-order valence-corrected chi connectivity index (χ2v) is 11.3. The van der Waals surface area contributed by atoms with E-state index in [2.05, 4.69) is 30.6 Å². The van der Waals surface area contributed by atoms with Crippen molar-refractivity contribution in [2.75, 3.05) is 10.6 Å². The van der Waals surface area contributed by atoms with Crippen molar-refractivity contribution in [3.8, 4) is 11.4 Å². The van der Waals surface area contributed by atoms with Crippen LogP contribution in [0.3, 0.4) is 0 Å². The lowest BCUT2D eigenvalue weighted by atomic mass is 9.79. The van der Waals surface area contributed by atoms with Gasteiger partial charge in [0, 0.05) is 52.3 Å². The van der Waals surface area contributed by atoms with Crippen LogP contribution in [0.25, 0.3) is 11.4 Å². The minimum atomic E-state index is -1.59. The molecular weight excluding hydrogens is 631 g/mol. The van der Waals surface area contributed by atoms with Crippen molar-refractivity contribution in [3.63, 3.8) is 0 Å². The van der Waals surface area contributed by atoms with Crippen molar-refractivity contribution in [2.45, 2.75) is 49.0 Å². The molecule has 0 saturated carbocycles. The van der Waals surface area contributed by atoms with E-state index >= 15 is 0 Å². The first-order valence-corrected chi connectivity index (χ1v) is 13.4. The first kappa shape index (κ1) is 49.5. The summed E-state index contributed by atoms with van der Waals surface area (Å²) in [5, 5.41) is 24.1. The molecule has 2 heterocycles. The molecule has 2 aromatic carbocycles. The van der Waals surface area contributed by atoms with E-state index in [1.807, 2.05) is 45.0 Å². The molecule has 0 bridgehead atoms. The highest BCUT2D eigenvalue weighted by molar-refractivity contribution is 6.60. The molecule has 0 fully saturated rings. The van der Waals surface area contributed by atoms with Crippen LogP contribution in [0.15, 0.2) is 85.5 Å². The summed E-state index contributed by atoms with van der Waals surface area (Å²) in [6.07, 6.45) is 6.56. The van der Waals surface area contributed by atoms with Crippen molar-refractivity contribution < 1.29 is 41.5 Å². The van der Waals surface area contributed by atoms with Gasteiger partial charge in [0.25, 0.3) is 0 Å². The standard InChI is InChI=1S/C15H17N3O.C11H16BNO3.C4H3ClN2.CH4.4H2O/c1-15(2,3)14(19)18-12-8-5-4-7-11(12)13-16-9-6-10-17-13;1-11(2,3)10(14)13-9-7-5-4-6-8(9)12(15)16;5-4-6-2-1-3-7-4;;;;;/h4-10H,1-3H3,(H,18,19);4-7,15-16H,1-3H3,(H,13,14);1-3H;1H4;4*1H2. The Morgan fingerprint density at radius 2 is 1.02 bits per heavy atom. The van der Waals surface area contributed by atoms with E-state index in [1.165, 1.54) is 0 Å². The normalized spacial score (nSPS) is 9.55. The number of halogens is 1. The van der Waals surface area contributed by atoms with Gasteiger partial charge in [-0.15, -0.1) is 0 Å². The quantitative estimate of drug-likeness (QED) is 0.182. The van der Waals surface area contributed by atoms with E-state index in [4.69, 9.17) is 21.6 Å². The van der Waals surface area contributed by atoms with Gasteiger partial charge in [0.1, 0.15) is 0 Å². The molecule has 0 unspecified atom stereocenters. The maximum atomic E-state index is 12.1. The van der Waals surface area contributed by atoms with Crippen LogP contribution in [0.5, 0.6) is 0 Å². The maximum Gasteiger partial charge on any atom is 0.490 e. The molecule has 14 nitrogen and oxygen atoms in total. The van der Waals surface area contributed by atoms with Crippen LogP contribution in [-0.2, 0) is 9.59 Å². The number of para-hydroxylation sites is 2. The van der Waals surface area contributed by atoms with Crippen LogP contribution in [0, 0.1) is 10.8 Å². The van der Waals surface area contributed by atoms with Crippen LogP contribution in [0.4, 0.5) is 11.4 Å². The molecule has 16 heteroatoms. The number of aromatic nitrogens is 4. The zero-order valence-corrected chi connectivity index (χ0v) is 27.3. The number of carbonyl (C=O) groups excluding carboxylic acids is 2. The topological polar surface area (TPSA) is 276 Å². The van der Waals surface area contributed by atoms with Gasteiger partial charge in [0.2, 0.25) is 17.1 Å². The smallest absolute Gasteiger partial charge is 0.423 e. The van der Waals surface area contributed by atoms with Gasteiger partial charge in [0.05, 0.1) is 5.69 Å². The molecule has 47 heavy (non-hydrogen) atoms. The van der Waals surface area contributed by atoms with Crippen LogP contribution in [-0.4, -0.2) is 70.8 Å². The fourth-order valence-electron chi connectivity index (χ4n) is 2.96. The lowest BCUT2D eigenvalue weighted by Crippen LogP contribution is -2.36. The van der Waals surface area contributed by atoms with Gasteiger partial charge in [-0.25, -0.2) is 19.9 Å². The second-order valence-electron chi connectivity index (χ2n) is 11.0. The van der Waals surface area contributed by atoms with Gasteiger partial charge < -0.3 is 42.6 Å². The lowest BCUT2D eigenvalue weighted by Gasteiger charge is -2.19. The Hall–Kier alpha value is -4.35. The highest BCUT2D eigenvalue weighted by atomic mass is 35.5. The summed E-state index contributed by atoms with van der Waals surface area (Å²) in [5.74, 6) is 0.406. The number of rotatable bonds is 4. The van der Waals surface area contributed by atoms with Gasteiger partial charge in [-0.05, 0) is 41.9 Å². The summed E-state index contributed by atoms with van der Waals surface area (Å²) in [6, 6.07) is 17.6. The molecular formula is C31H48BClN6O8. The predicted molar refractivity (Wildman–Crippen MR) is 188 cm³/mol. The summed E-state index contributed by atoms with van der Waals surface area (Å²) in [6.45, 7) is 11.0. The van der Waals surface area contributed by atoms with E-state index < -0.39 is 17.9 Å². The number of benzene rings is 2. The minimum absolute atomic E-state index is 0. The van der Waals surface area contributed by atoms with Crippen molar-refractivity contribution in [2.24, 2.45) is 10.8 Å². The number of hydrogen-bond acceptors (Lipinski definition) is 8. The first-order valence-electron chi connectivity index (χ1n) is 13.1. The zero-order chi connectivity index (χ0) is 31.3. The highest BCUT2D eigenvalue weighted by Gasteiger charge is 2.24. The first-order chi connectivity index (χ1) is 19.7. The molecule has 260 valence electrons. The third kappa shape index (κ3) is 17.2. The van der Waals surface area contributed by atoms with Crippen molar-refractivity contribution in [1.82, 2.24) is 19.9 Å². The molecule has 0 saturated heterocycles. The monoisotopic (exact) mass is 678 g/mol. The van der Waals surface area contributed by atoms with Crippen LogP contribution in [0.1, 0.15) is 49.0 Å². The van der Waals surface area contributed by atoms with Gasteiger partial charge in [-0.3, -0.25) is 9.59 Å². The molecule has 4 rings (SSSR count). The van der Waals surface area contributed by atoms with E-state index in [1.54, 1.807) is 82.0 Å². The number of amides is 2. The zero-order valence-electron chi connectivity index (χ0n) is 26.5. The Morgan fingerprint density at radius 1 is 0.638 bits per heavy atom. The molecule has 0 radical (unpaired) electrons. The van der Waals surface area contributed by atoms with Gasteiger partial charge in [-0.2, -0.15) is 0 Å². The van der Waals surface area contributed by atoms with Crippen molar-refractivity contribution in [1.29, 1.82) is 0 Å². The minimum Gasteiger partial charge on any atom is -0.423 e. The van der Waals surface area contributed by atoms with E-state index in [0.717, 1.165) is 11.3 Å². The fourth-order valence-corrected chi connectivity index (χ4v) is 3.07. The van der Waals surface area contributed by atoms with Crippen LogP contribution >= 0.6 is 11.6 Å². The largest absolute Gasteiger partial charge is 0.490 e. The third-order valence-corrected chi connectivity index (χ3v) is 5.56. The van der Waals surface area contributed by atoms with E-state index in [0.29, 0.717) is 22.3 Å². The van der Waals surface area contributed by atoms with Crippen LogP contribution < -0.4 is 16.1 Å². The number of carbonyl (C=O) groups is 2. The summed E-state index contributed by atoms with van der Waals surface area (Å²) in [7, 11) is -1.59. The second kappa shape index (κ2) is 23.0.